The summed E-state index contributed by atoms with van der Waals surface area (Å²) >= 11 is 1.42. The minimum atomic E-state index is -1.40. The fraction of sp³-hybridized carbons (Fsp3) is 0.0714. The molecule has 0 saturated carbocycles. The van der Waals surface area contributed by atoms with E-state index in [1.165, 1.54) is 11.3 Å². The lowest BCUT2D eigenvalue weighted by molar-refractivity contribution is 0.125. The Labute approximate surface area is 196 Å². The van der Waals surface area contributed by atoms with E-state index in [1.807, 2.05) is 78.3 Å². The Morgan fingerprint density at radius 2 is 1.64 bits per heavy atom. The fourth-order valence-electron chi connectivity index (χ4n) is 3.94. The molecule has 0 aliphatic rings. The Morgan fingerprint density at radius 1 is 0.848 bits per heavy atom. The zero-order valence-electron chi connectivity index (χ0n) is 18.1. The second-order valence-corrected chi connectivity index (χ2v) is 8.55. The fourth-order valence-corrected chi connectivity index (χ4v) is 4.71. The molecular formula is C28H22N2O2S. The van der Waals surface area contributed by atoms with E-state index in [4.69, 9.17) is 4.74 Å². The second-order valence-electron chi connectivity index (χ2n) is 7.65. The molecule has 0 spiro atoms. The summed E-state index contributed by atoms with van der Waals surface area (Å²) in [6.07, 6.45) is 7.69. The Bertz CT molecular complexity index is 1400. The SMILES string of the molecule is COc1ccc(C(O)(c2ccc3nccc(/C=C/c4ccccc4)c3c2)c2nccs2)cc1. The van der Waals surface area contributed by atoms with E-state index in [1.54, 1.807) is 13.3 Å². The van der Waals surface area contributed by atoms with Gasteiger partial charge < -0.3 is 9.84 Å². The van der Waals surface area contributed by atoms with Crippen molar-refractivity contribution in [3.63, 3.8) is 0 Å². The third-order valence-electron chi connectivity index (χ3n) is 5.70. The molecular weight excluding hydrogens is 428 g/mol. The van der Waals surface area contributed by atoms with Gasteiger partial charge >= 0.3 is 0 Å². The van der Waals surface area contributed by atoms with Gasteiger partial charge in [-0.2, -0.15) is 0 Å². The van der Waals surface area contributed by atoms with Crippen LogP contribution in [0.2, 0.25) is 0 Å². The second kappa shape index (κ2) is 8.98. The summed E-state index contributed by atoms with van der Waals surface area (Å²) in [4.78, 5) is 9.00. The van der Waals surface area contributed by atoms with Gasteiger partial charge in [-0.15, -0.1) is 11.3 Å². The molecule has 0 amide bonds. The quantitative estimate of drug-likeness (QED) is 0.337. The van der Waals surface area contributed by atoms with Gasteiger partial charge in [0, 0.05) is 23.2 Å². The van der Waals surface area contributed by atoms with E-state index >= 15 is 0 Å². The van der Waals surface area contributed by atoms with Crippen LogP contribution in [0.3, 0.4) is 0 Å². The van der Waals surface area contributed by atoms with Crippen molar-refractivity contribution in [1.29, 1.82) is 0 Å². The molecule has 0 radical (unpaired) electrons. The van der Waals surface area contributed by atoms with Crippen LogP contribution in [0.5, 0.6) is 5.75 Å². The number of hydrogen-bond acceptors (Lipinski definition) is 5. The first-order valence-electron chi connectivity index (χ1n) is 10.6. The van der Waals surface area contributed by atoms with Crippen molar-refractivity contribution < 1.29 is 9.84 Å². The third-order valence-corrected chi connectivity index (χ3v) is 6.58. The van der Waals surface area contributed by atoms with Crippen LogP contribution in [0.25, 0.3) is 23.1 Å². The highest BCUT2D eigenvalue weighted by molar-refractivity contribution is 7.09. The van der Waals surface area contributed by atoms with Gasteiger partial charge in [-0.1, -0.05) is 60.7 Å². The minimum absolute atomic E-state index is 0.609. The van der Waals surface area contributed by atoms with E-state index in [0.717, 1.165) is 38.9 Å². The molecule has 1 N–H and O–H groups in total. The molecule has 5 heteroatoms. The van der Waals surface area contributed by atoms with E-state index in [2.05, 4.69) is 34.3 Å². The van der Waals surface area contributed by atoms with Gasteiger partial charge in [0.1, 0.15) is 10.8 Å². The molecule has 5 aromatic rings. The zero-order chi connectivity index (χ0) is 22.7. The van der Waals surface area contributed by atoms with Gasteiger partial charge in [-0.3, -0.25) is 4.98 Å². The number of aliphatic hydroxyl groups is 1. The molecule has 33 heavy (non-hydrogen) atoms. The number of ether oxygens (including phenoxy) is 1. The summed E-state index contributed by atoms with van der Waals surface area (Å²) in [6.45, 7) is 0. The van der Waals surface area contributed by atoms with E-state index in [0.29, 0.717) is 5.01 Å². The number of hydrogen-bond donors (Lipinski definition) is 1. The molecule has 0 saturated heterocycles. The molecule has 2 aromatic heterocycles. The van der Waals surface area contributed by atoms with Crippen molar-refractivity contribution in [2.75, 3.05) is 7.11 Å². The summed E-state index contributed by atoms with van der Waals surface area (Å²) in [5.74, 6) is 0.733. The van der Waals surface area contributed by atoms with Gasteiger partial charge in [0.05, 0.1) is 12.6 Å². The van der Waals surface area contributed by atoms with Crippen LogP contribution in [0.4, 0.5) is 0 Å². The summed E-state index contributed by atoms with van der Waals surface area (Å²) in [5, 5.41) is 15.6. The highest BCUT2D eigenvalue weighted by Gasteiger charge is 2.36. The monoisotopic (exact) mass is 450 g/mol. The molecule has 0 aliphatic heterocycles. The predicted molar refractivity (Wildman–Crippen MR) is 134 cm³/mol. The van der Waals surface area contributed by atoms with Gasteiger partial charge in [-0.05, 0) is 52.6 Å². The van der Waals surface area contributed by atoms with E-state index in [-0.39, 0.29) is 0 Å². The van der Waals surface area contributed by atoms with Crippen LogP contribution >= 0.6 is 11.3 Å². The Kier molecular flexibility index (Phi) is 5.73. The van der Waals surface area contributed by atoms with Gasteiger partial charge in [0.15, 0.2) is 5.60 Å². The maximum atomic E-state index is 12.1. The molecule has 5 rings (SSSR count). The summed E-state index contributed by atoms with van der Waals surface area (Å²) in [6, 6.07) is 25.5. The van der Waals surface area contributed by atoms with Crippen molar-refractivity contribution in [3.05, 3.63) is 124 Å². The molecule has 4 nitrogen and oxygen atoms in total. The number of pyridine rings is 1. The number of rotatable bonds is 6. The van der Waals surface area contributed by atoms with Crippen LogP contribution in [-0.4, -0.2) is 22.2 Å². The van der Waals surface area contributed by atoms with Gasteiger partial charge in [0.2, 0.25) is 0 Å². The predicted octanol–water partition coefficient (Wildman–Crippen LogP) is 6.15. The molecule has 2 heterocycles. The largest absolute Gasteiger partial charge is 0.497 e. The summed E-state index contributed by atoms with van der Waals surface area (Å²) in [5.41, 5.74) is 3.08. The minimum Gasteiger partial charge on any atom is -0.497 e. The summed E-state index contributed by atoms with van der Waals surface area (Å²) < 4.78 is 5.30. The van der Waals surface area contributed by atoms with Crippen molar-refractivity contribution in [3.8, 4) is 5.75 Å². The molecule has 162 valence electrons. The Balaban J connectivity index is 1.65. The first kappa shape index (κ1) is 21.1. The van der Waals surface area contributed by atoms with Crippen LogP contribution in [0.15, 0.2) is 96.6 Å². The molecule has 3 aromatic carbocycles. The molecule has 1 atom stereocenters. The normalized spacial score (nSPS) is 13.3. The van der Waals surface area contributed by atoms with Crippen molar-refractivity contribution in [2.24, 2.45) is 0 Å². The van der Waals surface area contributed by atoms with Crippen molar-refractivity contribution in [2.45, 2.75) is 5.60 Å². The number of fused-ring (bicyclic) bond motifs is 1. The lowest BCUT2D eigenvalue weighted by atomic mass is 9.85. The average Bonchev–Trinajstić information content (AvgIpc) is 3.43. The van der Waals surface area contributed by atoms with Crippen LogP contribution in [0.1, 0.15) is 27.3 Å². The number of nitrogens with zero attached hydrogens (tertiary/aromatic N) is 2. The maximum Gasteiger partial charge on any atom is 0.166 e. The van der Waals surface area contributed by atoms with Crippen molar-refractivity contribution in [1.82, 2.24) is 9.97 Å². The maximum absolute atomic E-state index is 12.1. The van der Waals surface area contributed by atoms with E-state index < -0.39 is 5.60 Å². The van der Waals surface area contributed by atoms with Crippen LogP contribution < -0.4 is 4.74 Å². The zero-order valence-corrected chi connectivity index (χ0v) is 18.9. The summed E-state index contributed by atoms with van der Waals surface area (Å²) in [7, 11) is 1.63. The molecule has 0 bridgehead atoms. The van der Waals surface area contributed by atoms with Gasteiger partial charge in [-0.25, -0.2) is 4.98 Å². The average molecular weight is 451 g/mol. The smallest absolute Gasteiger partial charge is 0.166 e. The number of methoxy groups -OCH3 is 1. The molecule has 0 aliphatic carbocycles. The Hall–Kier alpha value is -3.80. The van der Waals surface area contributed by atoms with E-state index in [9.17, 15) is 5.11 Å². The van der Waals surface area contributed by atoms with Gasteiger partial charge in [0.25, 0.3) is 0 Å². The lowest BCUT2D eigenvalue weighted by Crippen LogP contribution is -2.28. The number of aromatic nitrogens is 2. The number of thiazole rings is 1. The Morgan fingerprint density at radius 3 is 2.36 bits per heavy atom. The molecule has 0 fully saturated rings. The van der Waals surface area contributed by atoms with Crippen LogP contribution in [-0.2, 0) is 5.60 Å². The highest BCUT2D eigenvalue weighted by Crippen LogP contribution is 2.39. The van der Waals surface area contributed by atoms with Crippen LogP contribution in [0, 0.1) is 0 Å². The standard InChI is InChI=1S/C28H22N2O2S/c1-32-24-12-9-22(10-13-24)28(31,27-30-17-18-33-27)23-11-14-26-25(19-23)21(15-16-29-26)8-7-20-5-3-2-4-6-20/h2-19,31H,1H3/b8-7+. The first-order chi connectivity index (χ1) is 16.2. The first-order valence-corrected chi connectivity index (χ1v) is 11.5. The number of benzene rings is 3. The topological polar surface area (TPSA) is 55.2 Å². The third kappa shape index (κ3) is 4.04. The lowest BCUT2D eigenvalue weighted by Gasteiger charge is -2.28. The molecule has 1 unspecified atom stereocenters. The highest BCUT2D eigenvalue weighted by atomic mass is 32.1. The van der Waals surface area contributed by atoms with Crippen molar-refractivity contribution >= 4 is 34.4 Å².